The first-order chi connectivity index (χ1) is 23.6. The van der Waals surface area contributed by atoms with Gasteiger partial charge in [0.1, 0.15) is 34.5 Å². The summed E-state index contributed by atoms with van der Waals surface area (Å²) in [5, 5.41) is 4.45. The van der Waals surface area contributed by atoms with Crippen molar-refractivity contribution >= 4 is 45.9 Å². The Labute approximate surface area is 295 Å². The summed E-state index contributed by atoms with van der Waals surface area (Å²) in [7, 11) is 3.29. The largest absolute Gasteiger partial charge is 0.497 e. The van der Waals surface area contributed by atoms with Crippen molar-refractivity contribution in [1.82, 2.24) is 29.8 Å². The molecule has 1 N–H and O–H groups in total. The third-order valence-corrected chi connectivity index (χ3v) is 9.43. The lowest BCUT2D eigenvalue weighted by Gasteiger charge is -2.38. The van der Waals surface area contributed by atoms with E-state index >= 15 is 0 Å². The van der Waals surface area contributed by atoms with Crippen LogP contribution in [0.1, 0.15) is 50.4 Å². The molecule has 13 heteroatoms. The van der Waals surface area contributed by atoms with Crippen molar-refractivity contribution < 1.29 is 9.47 Å². The molecule has 1 saturated heterocycles. The smallest absolute Gasteiger partial charge is 0.356 e. The summed E-state index contributed by atoms with van der Waals surface area (Å²) in [5.41, 5.74) is 3.00. The van der Waals surface area contributed by atoms with E-state index in [9.17, 15) is 4.79 Å². The normalized spacial score (nSPS) is 16.3. The summed E-state index contributed by atoms with van der Waals surface area (Å²) < 4.78 is 12.3. The number of fused-ring (bicyclic) bond motifs is 1. The Balaban J connectivity index is 1.60. The molecule has 0 unspecified atom stereocenters. The second-order valence-electron chi connectivity index (χ2n) is 12.6. The summed E-state index contributed by atoms with van der Waals surface area (Å²) in [6, 6.07) is 17.8. The third-order valence-electron chi connectivity index (χ3n) is 8.76. The minimum Gasteiger partial charge on any atom is -0.497 e. The van der Waals surface area contributed by atoms with Gasteiger partial charge < -0.3 is 24.6 Å². The maximum absolute atomic E-state index is 14.5. The van der Waals surface area contributed by atoms with Crippen LogP contribution >= 0.6 is 23.2 Å². The Morgan fingerprint density at radius 3 is 2.12 bits per heavy atom. The van der Waals surface area contributed by atoms with Crippen molar-refractivity contribution in [1.29, 1.82) is 0 Å². The molecule has 2 atom stereocenters. The van der Waals surface area contributed by atoms with E-state index in [-0.39, 0.29) is 28.2 Å². The molecule has 11 nitrogen and oxygen atoms in total. The van der Waals surface area contributed by atoms with Crippen LogP contribution in [-0.2, 0) is 13.1 Å². The Morgan fingerprint density at radius 2 is 1.55 bits per heavy atom. The van der Waals surface area contributed by atoms with Crippen molar-refractivity contribution in [3.05, 3.63) is 98.4 Å². The number of benzene rings is 2. The number of nitrogens with zero attached hydrogens (tertiary/aromatic N) is 7. The quantitative estimate of drug-likeness (QED) is 0.164. The molecule has 1 fully saturated rings. The van der Waals surface area contributed by atoms with Gasteiger partial charge in [0.2, 0.25) is 0 Å². The monoisotopic (exact) mass is 702 g/mol. The van der Waals surface area contributed by atoms with Gasteiger partial charge in [-0.15, -0.1) is 0 Å². The molecule has 6 rings (SSSR count). The van der Waals surface area contributed by atoms with Crippen LogP contribution < -0.4 is 30.3 Å². The van der Waals surface area contributed by atoms with E-state index in [0.717, 1.165) is 29.2 Å². The molecule has 2 aromatic carbocycles. The Morgan fingerprint density at radius 1 is 0.939 bits per heavy atom. The van der Waals surface area contributed by atoms with Gasteiger partial charge in [0.15, 0.2) is 11.5 Å². The lowest BCUT2D eigenvalue weighted by molar-refractivity contribution is 0.414. The number of nitrogens with one attached hydrogen (secondary N) is 1. The van der Waals surface area contributed by atoms with E-state index < -0.39 is 5.69 Å². The molecule has 1 aliphatic heterocycles. The number of hydrogen-bond acceptors (Lipinski definition) is 10. The van der Waals surface area contributed by atoms with Gasteiger partial charge in [-0.3, -0.25) is 0 Å². The molecule has 0 spiro atoms. The predicted octanol–water partition coefficient (Wildman–Crippen LogP) is 6.41. The summed E-state index contributed by atoms with van der Waals surface area (Å²) >= 11 is 13.2. The van der Waals surface area contributed by atoms with E-state index in [2.05, 4.69) is 29.0 Å². The summed E-state index contributed by atoms with van der Waals surface area (Å²) in [6.07, 6.45) is 1.54. The standard InChI is InChI=1S/C36H40Cl2N8O3/c1-21(2)30-31(46-34-28(15-29(37)32(38)42-34)33(43-36(46)47)45-17-22(3)39-16-23(45)4)35(41-20-40-30)44(18-24-7-11-26(48-5)12-8-24)19-25-9-13-27(49-6)14-10-25/h7-15,20-23,39H,16-19H2,1-6H3/t22-,23+/m1/s1. The predicted molar refractivity (Wildman–Crippen MR) is 195 cm³/mol. The molecule has 0 bridgehead atoms. The fourth-order valence-corrected chi connectivity index (χ4v) is 6.47. The number of rotatable bonds is 10. The van der Waals surface area contributed by atoms with Crippen molar-refractivity contribution in [2.45, 2.75) is 58.8 Å². The second-order valence-corrected chi connectivity index (χ2v) is 13.4. The molecular formula is C36H40Cl2N8O3. The molecule has 49 heavy (non-hydrogen) atoms. The summed E-state index contributed by atoms with van der Waals surface area (Å²) in [6.45, 7) is 10.6. The van der Waals surface area contributed by atoms with E-state index in [1.165, 1.54) is 4.57 Å². The van der Waals surface area contributed by atoms with Crippen LogP contribution in [0.4, 0.5) is 11.6 Å². The molecule has 0 radical (unpaired) electrons. The number of anilines is 2. The van der Waals surface area contributed by atoms with Crippen LogP contribution in [0.25, 0.3) is 16.7 Å². The van der Waals surface area contributed by atoms with Crippen LogP contribution in [0.3, 0.4) is 0 Å². The fourth-order valence-electron chi connectivity index (χ4n) is 6.18. The minimum absolute atomic E-state index is 0.0722. The fraction of sp³-hybridized carbons (Fsp3) is 0.361. The van der Waals surface area contributed by atoms with Crippen LogP contribution in [0, 0.1) is 0 Å². The molecule has 256 valence electrons. The highest BCUT2D eigenvalue weighted by molar-refractivity contribution is 6.41. The highest BCUT2D eigenvalue weighted by Gasteiger charge is 2.30. The van der Waals surface area contributed by atoms with E-state index in [1.54, 1.807) is 26.6 Å². The Hall–Kier alpha value is -4.45. The summed E-state index contributed by atoms with van der Waals surface area (Å²) in [5.74, 6) is 2.49. The van der Waals surface area contributed by atoms with Gasteiger partial charge in [-0.25, -0.2) is 24.3 Å². The molecule has 0 saturated carbocycles. The maximum Gasteiger partial charge on any atom is 0.356 e. The SMILES string of the molecule is COc1ccc(CN(Cc2ccc(OC)cc2)c2ncnc(C(C)C)c2-n2c(=O)nc(N3C[C@@H](C)NC[C@@H]3C)c3cc(Cl)c(Cl)nc32)cc1. The topological polar surface area (TPSA) is 111 Å². The van der Waals surface area contributed by atoms with Gasteiger partial charge >= 0.3 is 5.69 Å². The van der Waals surface area contributed by atoms with Gasteiger partial charge in [0.05, 0.1) is 30.3 Å². The first-order valence-corrected chi connectivity index (χ1v) is 17.0. The number of piperazine rings is 1. The van der Waals surface area contributed by atoms with Crippen molar-refractivity contribution in [2.24, 2.45) is 0 Å². The van der Waals surface area contributed by atoms with Gasteiger partial charge in [0.25, 0.3) is 0 Å². The van der Waals surface area contributed by atoms with Gasteiger partial charge in [0, 0.05) is 38.3 Å². The first kappa shape index (κ1) is 34.4. The average Bonchev–Trinajstić information content (AvgIpc) is 3.10. The van der Waals surface area contributed by atoms with Crippen LogP contribution in [0.15, 0.2) is 65.7 Å². The zero-order valence-corrected chi connectivity index (χ0v) is 30.0. The molecule has 5 aromatic rings. The molecular weight excluding hydrogens is 663 g/mol. The third kappa shape index (κ3) is 7.15. The number of halogens is 2. The molecule has 3 aromatic heterocycles. The highest BCUT2D eigenvalue weighted by Crippen LogP contribution is 2.36. The Kier molecular flexibility index (Phi) is 10.2. The van der Waals surface area contributed by atoms with E-state index in [0.29, 0.717) is 53.7 Å². The lowest BCUT2D eigenvalue weighted by atomic mass is 10.1. The number of aromatic nitrogens is 5. The molecule has 0 aliphatic carbocycles. The number of ether oxygens (including phenoxy) is 2. The number of methoxy groups -OCH3 is 2. The van der Waals surface area contributed by atoms with Crippen LogP contribution in [0.5, 0.6) is 11.5 Å². The first-order valence-electron chi connectivity index (χ1n) is 16.2. The van der Waals surface area contributed by atoms with E-state index in [1.807, 2.05) is 62.4 Å². The van der Waals surface area contributed by atoms with Gasteiger partial charge in [-0.1, -0.05) is 61.3 Å². The zero-order chi connectivity index (χ0) is 34.8. The van der Waals surface area contributed by atoms with Crippen LogP contribution in [0.2, 0.25) is 10.2 Å². The molecule has 4 heterocycles. The lowest BCUT2D eigenvalue weighted by Crippen LogP contribution is -2.55. The highest BCUT2D eigenvalue weighted by atomic mass is 35.5. The van der Waals surface area contributed by atoms with E-state index in [4.69, 9.17) is 52.6 Å². The minimum atomic E-state index is -0.515. The molecule has 0 amide bonds. The number of hydrogen-bond donors (Lipinski definition) is 1. The Bertz CT molecular complexity index is 1950. The number of pyridine rings is 1. The zero-order valence-electron chi connectivity index (χ0n) is 28.4. The maximum atomic E-state index is 14.5. The average molecular weight is 704 g/mol. The van der Waals surface area contributed by atoms with Gasteiger partial charge in [-0.2, -0.15) is 4.98 Å². The second kappa shape index (κ2) is 14.6. The molecule has 1 aliphatic rings. The summed E-state index contributed by atoms with van der Waals surface area (Å²) in [4.78, 5) is 37.8. The van der Waals surface area contributed by atoms with Crippen molar-refractivity contribution in [3.63, 3.8) is 0 Å². The van der Waals surface area contributed by atoms with Crippen LogP contribution in [-0.4, -0.2) is 63.9 Å². The van der Waals surface area contributed by atoms with Crippen molar-refractivity contribution in [2.75, 3.05) is 37.1 Å². The van der Waals surface area contributed by atoms with Gasteiger partial charge in [-0.05, 0) is 61.2 Å². The van der Waals surface area contributed by atoms with Crippen molar-refractivity contribution in [3.8, 4) is 17.2 Å².